The highest BCUT2D eigenvalue weighted by molar-refractivity contribution is 6.37. The van der Waals surface area contributed by atoms with E-state index in [9.17, 15) is 32.3 Å². The van der Waals surface area contributed by atoms with E-state index < -0.39 is 83.9 Å². The number of alkyl halides is 4. The molecule has 0 fully saturated rings. The van der Waals surface area contributed by atoms with Crippen LogP contribution in [-0.4, -0.2) is 47.3 Å². The molecule has 276 valence electrons. The Morgan fingerprint density at radius 2 is 1.75 bits per heavy atom. The maximum Gasteiger partial charge on any atom is 0.343 e. The van der Waals surface area contributed by atoms with Crippen LogP contribution in [0.5, 0.6) is 0 Å². The molecule has 0 radical (unpaired) electrons. The summed E-state index contributed by atoms with van der Waals surface area (Å²) in [6, 6.07) is 4.94. The summed E-state index contributed by atoms with van der Waals surface area (Å²) < 4.78 is 88.5. The van der Waals surface area contributed by atoms with Crippen molar-refractivity contribution in [3.05, 3.63) is 93.0 Å². The zero-order valence-corrected chi connectivity index (χ0v) is 28.8. The van der Waals surface area contributed by atoms with Gasteiger partial charge < -0.3 is 16.2 Å². The summed E-state index contributed by atoms with van der Waals surface area (Å²) in [6.07, 6.45) is -4.95. The zero-order chi connectivity index (χ0) is 38.6. The van der Waals surface area contributed by atoms with Gasteiger partial charge in [-0.3, -0.25) is 10.00 Å². The van der Waals surface area contributed by atoms with Crippen molar-refractivity contribution in [2.75, 3.05) is 5.32 Å². The van der Waals surface area contributed by atoms with Gasteiger partial charge in [0.25, 0.3) is 12.3 Å². The largest absolute Gasteiger partial charge is 0.378 e. The Morgan fingerprint density at radius 1 is 1.08 bits per heavy atom. The van der Waals surface area contributed by atoms with Crippen LogP contribution in [-0.2, 0) is 25.8 Å². The van der Waals surface area contributed by atoms with Gasteiger partial charge in [0.05, 0.1) is 27.7 Å². The van der Waals surface area contributed by atoms with Crippen LogP contribution in [0.3, 0.4) is 0 Å². The molecule has 0 bridgehead atoms. The second kappa shape index (κ2) is 13.7. The molecule has 1 aliphatic rings. The molecule has 1 atom stereocenters. The van der Waals surface area contributed by atoms with Crippen LogP contribution in [0.2, 0.25) is 5.02 Å². The molecule has 1 aliphatic carbocycles. The summed E-state index contributed by atoms with van der Waals surface area (Å²) in [5, 5.41) is 23.5. The first-order chi connectivity index (χ1) is 24.8. The molecule has 5 aromatic rings. The summed E-state index contributed by atoms with van der Waals surface area (Å²) in [7, 11) is 1.54. The van der Waals surface area contributed by atoms with Gasteiger partial charge >= 0.3 is 12.1 Å². The third kappa shape index (κ3) is 7.50. The van der Waals surface area contributed by atoms with E-state index in [2.05, 4.69) is 37.7 Å². The number of fused-ring (bicyclic) bond motifs is 2. The van der Waals surface area contributed by atoms with Crippen LogP contribution in [0, 0.1) is 23.5 Å². The number of urea groups is 1. The third-order valence-corrected chi connectivity index (χ3v) is 8.64. The Labute approximate surface area is 302 Å². The second-order valence-electron chi connectivity index (χ2n) is 12.8. The second-order valence-corrected chi connectivity index (χ2v) is 13.2. The number of carbonyl (C=O) groups is 2. The number of aliphatic hydroxyl groups is 1. The Bertz CT molecular complexity index is 2340. The molecule has 53 heavy (non-hydrogen) atoms. The van der Waals surface area contributed by atoms with Crippen LogP contribution >= 0.6 is 11.6 Å². The summed E-state index contributed by atoms with van der Waals surface area (Å²) in [6.45, 7) is 2.85. The molecule has 3 aromatic heterocycles. The molecule has 0 aliphatic heterocycles. The minimum Gasteiger partial charge on any atom is -0.378 e. The maximum absolute atomic E-state index is 15.1. The number of nitrogens with two attached hydrogens (primary N) is 1. The average Bonchev–Trinajstić information content (AvgIpc) is 3.70. The van der Waals surface area contributed by atoms with Crippen molar-refractivity contribution in [3.63, 3.8) is 0 Å². The van der Waals surface area contributed by atoms with Crippen LogP contribution in [0.15, 0.2) is 42.5 Å². The highest BCUT2D eigenvalue weighted by Gasteiger charge is 2.47. The van der Waals surface area contributed by atoms with Crippen LogP contribution in [0.25, 0.3) is 22.0 Å². The van der Waals surface area contributed by atoms with Gasteiger partial charge in [-0.2, -0.15) is 23.7 Å². The van der Waals surface area contributed by atoms with E-state index in [0.717, 1.165) is 12.1 Å². The van der Waals surface area contributed by atoms with Gasteiger partial charge in [0.2, 0.25) is 0 Å². The van der Waals surface area contributed by atoms with E-state index in [1.807, 2.05) is 0 Å². The van der Waals surface area contributed by atoms with E-state index in [1.54, 1.807) is 13.1 Å². The molecule has 2 aromatic carbocycles. The highest BCUT2D eigenvalue weighted by Crippen LogP contribution is 2.45. The number of hydrogen-bond acceptors (Lipinski definition) is 6. The topological polar surface area (TPSA) is 153 Å². The van der Waals surface area contributed by atoms with Gasteiger partial charge in [-0.05, 0) is 68.5 Å². The zero-order valence-electron chi connectivity index (χ0n) is 28.0. The van der Waals surface area contributed by atoms with Crippen molar-refractivity contribution in [3.8, 4) is 23.0 Å². The van der Waals surface area contributed by atoms with Gasteiger partial charge in [-0.15, -0.1) is 0 Å². The van der Waals surface area contributed by atoms with E-state index in [0.29, 0.717) is 17.1 Å². The number of benzene rings is 2. The third-order valence-electron chi connectivity index (χ3n) is 8.33. The van der Waals surface area contributed by atoms with Crippen molar-refractivity contribution in [1.82, 2.24) is 29.9 Å². The van der Waals surface area contributed by atoms with E-state index in [4.69, 9.17) is 17.3 Å². The molecule has 5 N–H and O–H groups in total. The summed E-state index contributed by atoms with van der Waals surface area (Å²) >= 11 is 6.54. The van der Waals surface area contributed by atoms with Gasteiger partial charge in [-0.1, -0.05) is 23.6 Å². The number of halogens is 7. The lowest BCUT2D eigenvalue weighted by Gasteiger charge is -2.23. The van der Waals surface area contributed by atoms with E-state index in [-0.39, 0.29) is 43.4 Å². The highest BCUT2D eigenvalue weighted by atomic mass is 35.5. The lowest BCUT2D eigenvalue weighted by molar-refractivity contribution is -0.00912. The van der Waals surface area contributed by atoms with Crippen LogP contribution in [0.4, 0.5) is 41.7 Å². The number of aryl methyl sites for hydroxylation is 1. The smallest absolute Gasteiger partial charge is 0.343 e. The molecule has 3 amide bonds. The van der Waals surface area contributed by atoms with Gasteiger partial charge in [0.1, 0.15) is 34.3 Å². The standard InChI is InChI=1S/C35H29ClF6N8O3/c1-34(2,53)10-8-19-4-5-20(21-6-7-23(36)25-28(21)49(3)48-31(25)46-32(43)51)26(44-19)24(14-16-12-17(37)15-18(38)13-16)45-33(52)50-29-22(9-11-35(29,41)42)27(47-50)30(39)40/h4-7,12-13,15,24,30,53H,9,11,14H2,1-3H3,(H,45,52)(H3,43,46,48,51). The lowest BCUT2D eigenvalue weighted by atomic mass is 9.93. The van der Waals surface area contributed by atoms with Crippen LogP contribution in [0.1, 0.15) is 66.6 Å². The number of nitrogens with one attached hydrogen (secondary N) is 2. The quantitative estimate of drug-likeness (QED) is 0.105. The van der Waals surface area contributed by atoms with Crippen molar-refractivity contribution < 1.29 is 41.0 Å². The molecular weight excluding hydrogens is 730 g/mol. The fourth-order valence-corrected chi connectivity index (χ4v) is 6.50. The van der Waals surface area contributed by atoms with Gasteiger partial charge in [0.15, 0.2) is 5.82 Å². The number of pyridine rings is 1. The first kappa shape index (κ1) is 37.2. The molecule has 3 heterocycles. The fourth-order valence-electron chi connectivity index (χ4n) is 6.26. The number of anilines is 1. The number of hydrogen-bond donors (Lipinski definition) is 4. The first-order valence-corrected chi connectivity index (χ1v) is 16.2. The molecular formula is C35H29ClF6N8O3. The Morgan fingerprint density at radius 3 is 2.40 bits per heavy atom. The van der Waals surface area contributed by atoms with Crippen LogP contribution < -0.4 is 16.4 Å². The molecule has 0 saturated carbocycles. The Kier molecular flexibility index (Phi) is 9.64. The van der Waals surface area contributed by atoms with Gasteiger partial charge in [0, 0.05) is 36.2 Å². The molecule has 0 saturated heterocycles. The minimum absolute atomic E-state index is 0.00686. The first-order valence-electron chi connectivity index (χ1n) is 15.9. The monoisotopic (exact) mass is 758 g/mol. The number of rotatable bonds is 7. The summed E-state index contributed by atoms with van der Waals surface area (Å²) in [5.41, 5.74) is 2.37. The predicted octanol–water partition coefficient (Wildman–Crippen LogP) is 6.89. The van der Waals surface area contributed by atoms with E-state index in [1.165, 1.54) is 36.7 Å². The SMILES string of the molecule is Cn1nc(NC(N)=O)c2c(Cl)ccc(-c3ccc(C#CC(C)(C)O)nc3C(Cc3cc(F)cc(F)c3)NC(=O)n3nc(C(F)F)c4c3C(F)(F)CC4)c21. The van der Waals surface area contributed by atoms with E-state index >= 15 is 8.78 Å². The Balaban J connectivity index is 1.59. The van der Waals surface area contributed by atoms with Crippen molar-refractivity contribution in [1.29, 1.82) is 0 Å². The molecule has 0 spiro atoms. The number of nitrogens with zero attached hydrogens (tertiary/aromatic N) is 5. The molecule has 18 heteroatoms. The number of amides is 3. The Hall–Kier alpha value is -5.60. The number of carbonyl (C=O) groups excluding carboxylic acids is 2. The molecule has 1 unspecified atom stereocenters. The molecule has 11 nitrogen and oxygen atoms in total. The van der Waals surface area contributed by atoms with Gasteiger partial charge in [-0.25, -0.2) is 32.1 Å². The number of primary amides is 1. The predicted molar refractivity (Wildman–Crippen MR) is 181 cm³/mol. The summed E-state index contributed by atoms with van der Waals surface area (Å²) in [5.74, 6) is -0.242. The normalized spacial score (nSPS) is 14.2. The van der Waals surface area contributed by atoms with Crippen molar-refractivity contribution >= 4 is 40.4 Å². The average molecular weight is 759 g/mol. The maximum atomic E-state index is 15.1. The lowest BCUT2D eigenvalue weighted by Crippen LogP contribution is -2.37. The fraction of sp³-hybridized carbons (Fsp3) is 0.286. The van der Waals surface area contributed by atoms with Crippen molar-refractivity contribution in [2.45, 2.75) is 57.1 Å². The number of aromatic nitrogens is 5. The van der Waals surface area contributed by atoms with Crippen molar-refractivity contribution in [2.24, 2.45) is 12.8 Å². The molecule has 6 rings (SSSR count). The summed E-state index contributed by atoms with van der Waals surface area (Å²) in [4.78, 5) is 30.4. The minimum atomic E-state index is -3.67.